The molecule has 2 aliphatic rings. The number of amides is 1. The molecule has 1 saturated heterocycles. The van der Waals surface area contributed by atoms with E-state index < -0.39 is 0 Å². The van der Waals surface area contributed by atoms with Crippen LogP contribution in [0, 0.1) is 0 Å². The lowest BCUT2D eigenvalue weighted by Gasteiger charge is -2.19. The van der Waals surface area contributed by atoms with Gasteiger partial charge in [-0.15, -0.1) is 0 Å². The van der Waals surface area contributed by atoms with E-state index >= 15 is 0 Å². The molecular formula is C26H26N4O2S. The summed E-state index contributed by atoms with van der Waals surface area (Å²) in [7, 11) is 0. The second-order valence-electron chi connectivity index (χ2n) is 8.42. The largest absolute Gasteiger partial charge is 0.490 e. The monoisotopic (exact) mass is 458 g/mol. The third kappa shape index (κ3) is 4.98. The first-order valence-electron chi connectivity index (χ1n) is 11.3. The number of hydrogen-bond donors (Lipinski definition) is 2. The number of pyridine rings is 1. The molecule has 1 aromatic heterocycles. The molecule has 0 atom stereocenters. The second kappa shape index (κ2) is 9.58. The van der Waals surface area contributed by atoms with Crippen molar-refractivity contribution in [1.82, 2.24) is 10.3 Å². The summed E-state index contributed by atoms with van der Waals surface area (Å²) in [4.78, 5) is 19.5. The van der Waals surface area contributed by atoms with Crippen molar-refractivity contribution in [2.75, 3.05) is 23.3 Å². The number of thiocarbonyl (C=S) groups is 1. The maximum absolute atomic E-state index is 12.9. The Bertz CT molecular complexity index is 1150. The van der Waals surface area contributed by atoms with Crippen molar-refractivity contribution >= 4 is 34.7 Å². The number of carbonyl (C=O) groups excluding carboxylic acids is 1. The number of carbonyl (C=O) groups is 1. The van der Waals surface area contributed by atoms with Crippen molar-refractivity contribution in [3.8, 4) is 5.75 Å². The number of benzene rings is 2. The molecule has 0 bridgehead atoms. The van der Waals surface area contributed by atoms with E-state index in [0.29, 0.717) is 11.4 Å². The van der Waals surface area contributed by atoms with Gasteiger partial charge in [-0.25, -0.2) is 4.98 Å². The van der Waals surface area contributed by atoms with Crippen LogP contribution in [0.5, 0.6) is 5.75 Å². The molecule has 0 unspecified atom stereocenters. The molecule has 0 radical (unpaired) electrons. The summed E-state index contributed by atoms with van der Waals surface area (Å²) in [5.41, 5.74) is 3.99. The Morgan fingerprint density at radius 2 is 1.76 bits per heavy atom. The van der Waals surface area contributed by atoms with Crippen LogP contribution in [0.3, 0.4) is 0 Å². The fraction of sp³-hybridized carbons (Fsp3) is 0.269. The van der Waals surface area contributed by atoms with Crippen LogP contribution in [0.1, 0.15) is 34.3 Å². The molecule has 2 N–H and O–H groups in total. The highest BCUT2D eigenvalue weighted by Gasteiger charge is 2.23. The number of nitrogens with one attached hydrogen (secondary N) is 2. The summed E-state index contributed by atoms with van der Waals surface area (Å²) in [5, 5.41) is 6.12. The van der Waals surface area contributed by atoms with Crippen LogP contribution in [0.25, 0.3) is 0 Å². The average Bonchev–Trinajstić information content (AvgIpc) is 3.49. The van der Waals surface area contributed by atoms with Gasteiger partial charge in [-0.05, 0) is 60.5 Å². The number of ether oxygens (including phenoxy) is 1. The zero-order chi connectivity index (χ0) is 22.6. The minimum Gasteiger partial charge on any atom is -0.490 e. The van der Waals surface area contributed by atoms with Gasteiger partial charge in [-0.1, -0.05) is 30.3 Å². The molecule has 0 saturated carbocycles. The van der Waals surface area contributed by atoms with E-state index in [2.05, 4.69) is 44.8 Å². The van der Waals surface area contributed by atoms with Gasteiger partial charge in [0.05, 0.1) is 5.56 Å². The zero-order valence-electron chi connectivity index (χ0n) is 18.3. The molecule has 1 amide bonds. The third-order valence-corrected chi connectivity index (χ3v) is 6.28. The van der Waals surface area contributed by atoms with Crippen LogP contribution < -0.4 is 20.3 Å². The highest BCUT2D eigenvalue weighted by atomic mass is 32.1. The highest BCUT2D eigenvalue weighted by molar-refractivity contribution is 7.80. The Balaban J connectivity index is 1.20. The summed E-state index contributed by atoms with van der Waals surface area (Å²) in [5.74, 6) is 1.22. The van der Waals surface area contributed by atoms with Crippen molar-refractivity contribution in [1.29, 1.82) is 0 Å². The zero-order valence-corrected chi connectivity index (χ0v) is 19.1. The number of fused-ring (bicyclic) bond motifs is 1. The lowest BCUT2D eigenvalue weighted by atomic mass is 10.1. The first-order chi connectivity index (χ1) is 16.2. The number of anilines is 2. The fourth-order valence-corrected chi connectivity index (χ4v) is 4.74. The Kier molecular flexibility index (Phi) is 6.21. The van der Waals surface area contributed by atoms with Gasteiger partial charge in [0, 0.05) is 43.9 Å². The van der Waals surface area contributed by atoms with Crippen LogP contribution in [-0.4, -0.2) is 35.2 Å². The molecule has 0 spiro atoms. The summed E-state index contributed by atoms with van der Waals surface area (Å²) in [6.45, 7) is 1.83. The number of rotatable bonds is 5. The van der Waals surface area contributed by atoms with Crippen LogP contribution in [0.15, 0.2) is 66.9 Å². The maximum Gasteiger partial charge on any atom is 0.261 e. The number of nitrogens with zero attached hydrogens (tertiary/aromatic N) is 2. The van der Waals surface area contributed by atoms with Gasteiger partial charge >= 0.3 is 0 Å². The maximum atomic E-state index is 12.9. The van der Waals surface area contributed by atoms with Gasteiger partial charge in [0.15, 0.2) is 5.11 Å². The summed E-state index contributed by atoms with van der Waals surface area (Å²) < 4.78 is 6.22. The minimum absolute atomic E-state index is 0.124. The summed E-state index contributed by atoms with van der Waals surface area (Å²) in [6.07, 6.45) is 5.89. The topological polar surface area (TPSA) is 66.5 Å². The van der Waals surface area contributed by atoms with Gasteiger partial charge in [-0.2, -0.15) is 0 Å². The molecule has 1 fully saturated rings. The predicted molar refractivity (Wildman–Crippen MR) is 134 cm³/mol. The Hall–Kier alpha value is -3.45. The fourth-order valence-electron chi connectivity index (χ4n) is 4.53. The molecule has 3 aromatic rings. The quantitative estimate of drug-likeness (QED) is 0.554. The summed E-state index contributed by atoms with van der Waals surface area (Å²) in [6, 6.07) is 19.7. The van der Waals surface area contributed by atoms with Crippen molar-refractivity contribution in [2.45, 2.75) is 31.8 Å². The Labute approximate surface area is 199 Å². The van der Waals surface area contributed by atoms with E-state index in [1.165, 1.54) is 11.1 Å². The van der Waals surface area contributed by atoms with E-state index in [9.17, 15) is 4.79 Å². The molecule has 168 valence electrons. The van der Waals surface area contributed by atoms with E-state index in [0.717, 1.165) is 50.2 Å². The molecule has 1 aliphatic carbocycles. The summed E-state index contributed by atoms with van der Waals surface area (Å²) >= 11 is 5.41. The van der Waals surface area contributed by atoms with E-state index in [-0.39, 0.29) is 17.1 Å². The van der Waals surface area contributed by atoms with Crippen molar-refractivity contribution in [3.05, 3.63) is 83.6 Å². The van der Waals surface area contributed by atoms with E-state index in [1.807, 2.05) is 24.3 Å². The smallest absolute Gasteiger partial charge is 0.261 e. The normalized spacial score (nSPS) is 15.2. The van der Waals surface area contributed by atoms with Gasteiger partial charge in [0.25, 0.3) is 5.91 Å². The molecule has 2 aromatic carbocycles. The van der Waals surface area contributed by atoms with Crippen molar-refractivity contribution < 1.29 is 9.53 Å². The molecule has 33 heavy (non-hydrogen) atoms. The lowest BCUT2D eigenvalue weighted by molar-refractivity contribution is 0.0978. The van der Waals surface area contributed by atoms with Crippen LogP contribution >= 0.6 is 12.2 Å². The van der Waals surface area contributed by atoms with Gasteiger partial charge in [-0.3, -0.25) is 10.1 Å². The average molecular weight is 459 g/mol. The van der Waals surface area contributed by atoms with Crippen LogP contribution in [0.4, 0.5) is 11.5 Å². The van der Waals surface area contributed by atoms with E-state index in [1.54, 1.807) is 18.3 Å². The number of aromatic nitrogens is 1. The molecule has 5 rings (SSSR count). The molecule has 7 heteroatoms. The van der Waals surface area contributed by atoms with Gasteiger partial charge < -0.3 is 15.0 Å². The first-order valence-corrected chi connectivity index (χ1v) is 11.7. The van der Waals surface area contributed by atoms with Crippen LogP contribution in [-0.2, 0) is 12.8 Å². The Morgan fingerprint density at radius 1 is 1.00 bits per heavy atom. The first kappa shape index (κ1) is 21.4. The predicted octanol–water partition coefficient (Wildman–Crippen LogP) is 4.35. The third-order valence-electron chi connectivity index (χ3n) is 6.07. The van der Waals surface area contributed by atoms with Crippen molar-refractivity contribution in [3.63, 3.8) is 0 Å². The van der Waals surface area contributed by atoms with E-state index in [4.69, 9.17) is 17.0 Å². The lowest BCUT2D eigenvalue weighted by Crippen LogP contribution is -2.35. The molecule has 1 aliphatic heterocycles. The van der Waals surface area contributed by atoms with Gasteiger partial charge in [0.2, 0.25) is 0 Å². The molecule has 6 nitrogen and oxygen atoms in total. The minimum atomic E-state index is -0.265. The molecule has 2 heterocycles. The molecular weight excluding hydrogens is 432 g/mol. The second-order valence-corrected chi connectivity index (χ2v) is 8.83. The SMILES string of the molecule is O=C(NC(=S)Nc1cccc(OC2Cc3ccccc3C2)c1)c1cccnc1N1CCCC1. The van der Waals surface area contributed by atoms with Crippen LogP contribution in [0.2, 0.25) is 0 Å². The number of hydrogen-bond acceptors (Lipinski definition) is 5. The van der Waals surface area contributed by atoms with Gasteiger partial charge in [0.1, 0.15) is 17.7 Å². The Morgan fingerprint density at radius 3 is 2.52 bits per heavy atom. The highest BCUT2D eigenvalue weighted by Crippen LogP contribution is 2.27. The van der Waals surface area contributed by atoms with Crippen molar-refractivity contribution in [2.24, 2.45) is 0 Å². The standard InChI is InChI=1S/C26H26N4O2S/c31-25(23-11-6-12-27-24(23)30-13-3-4-14-30)29-26(33)28-20-9-5-10-21(17-20)32-22-15-18-7-1-2-8-19(18)16-22/h1-2,5-12,17,22H,3-4,13-16H2,(H2,28,29,31,33).